The summed E-state index contributed by atoms with van der Waals surface area (Å²) in [7, 11) is 0. The van der Waals surface area contributed by atoms with Crippen LogP contribution in [0, 0.1) is 5.92 Å². The minimum Gasteiger partial charge on any atom is -0.340 e. The highest BCUT2D eigenvalue weighted by Gasteiger charge is 2.22. The van der Waals surface area contributed by atoms with E-state index in [1.165, 1.54) is 0 Å². The second-order valence-corrected chi connectivity index (χ2v) is 6.56. The van der Waals surface area contributed by atoms with E-state index in [-0.39, 0.29) is 17.7 Å². The molecule has 0 aliphatic heterocycles. The molecule has 2 amide bonds. The van der Waals surface area contributed by atoms with Crippen molar-refractivity contribution in [3.05, 3.63) is 71.8 Å². The van der Waals surface area contributed by atoms with Crippen molar-refractivity contribution >= 4 is 17.5 Å². The lowest BCUT2D eigenvalue weighted by atomic mass is 10.0. The molecule has 0 radical (unpaired) electrons. The Morgan fingerprint density at radius 2 is 1.46 bits per heavy atom. The second-order valence-electron chi connectivity index (χ2n) is 6.56. The van der Waals surface area contributed by atoms with Crippen molar-refractivity contribution in [2.75, 3.05) is 0 Å². The van der Waals surface area contributed by atoms with Crippen LogP contribution in [0.3, 0.4) is 0 Å². The van der Waals surface area contributed by atoms with Gasteiger partial charge in [0, 0.05) is 5.56 Å². The zero-order valence-corrected chi connectivity index (χ0v) is 15.4. The van der Waals surface area contributed by atoms with Gasteiger partial charge in [-0.2, -0.15) is 5.10 Å². The highest BCUT2D eigenvalue weighted by molar-refractivity contribution is 6.00. The topological polar surface area (TPSA) is 70.6 Å². The van der Waals surface area contributed by atoms with Gasteiger partial charge in [0.15, 0.2) is 0 Å². The number of hydrogen-bond donors (Lipinski definition) is 2. The fourth-order valence-corrected chi connectivity index (χ4v) is 2.49. The summed E-state index contributed by atoms with van der Waals surface area (Å²) in [5, 5.41) is 6.98. The van der Waals surface area contributed by atoms with Gasteiger partial charge in [-0.05, 0) is 37.0 Å². The first kappa shape index (κ1) is 19.4. The second kappa shape index (κ2) is 9.51. The first-order valence-corrected chi connectivity index (χ1v) is 8.73. The molecule has 0 fully saturated rings. The maximum Gasteiger partial charge on any atom is 0.262 e. The van der Waals surface area contributed by atoms with Crippen LogP contribution in [0.1, 0.15) is 43.1 Å². The Bertz CT molecular complexity index is 755. The number of hydrogen-bond acceptors (Lipinski definition) is 3. The van der Waals surface area contributed by atoms with Crippen molar-refractivity contribution in [3.8, 4) is 0 Å². The minimum absolute atomic E-state index is 0.251. The van der Waals surface area contributed by atoms with Crippen molar-refractivity contribution in [3.63, 3.8) is 0 Å². The summed E-state index contributed by atoms with van der Waals surface area (Å²) in [5.41, 5.74) is 4.74. The number of amides is 2. The van der Waals surface area contributed by atoms with Crippen LogP contribution in [0.2, 0.25) is 0 Å². The Kier molecular flexibility index (Phi) is 7.09. The summed E-state index contributed by atoms with van der Waals surface area (Å²) < 4.78 is 0. The lowest BCUT2D eigenvalue weighted by Crippen LogP contribution is -2.46. The highest BCUT2D eigenvalue weighted by atomic mass is 16.2. The molecule has 136 valence electrons. The van der Waals surface area contributed by atoms with Gasteiger partial charge in [0.05, 0.1) is 5.71 Å². The zero-order chi connectivity index (χ0) is 18.9. The van der Waals surface area contributed by atoms with Gasteiger partial charge in [-0.15, -0.1) is 0 Å². The van der Waals surface area contributed by atoms with Crippen LogP contribution in [-0.4, -0.2) is 23.6 Å². The van der Waals surface area contributed by atoms with Gasteiger partial charge in [0.2, 0.25) is 0 Å². The first-order chi connectivity index (χ1) is 12.5. The van der Waals surface area contributed by atoms with Gasteiger partial charge in [0.1, 0.15) is 6.04 Å². The Morgan fingerprint density at radius 3 is 2.00 bits per heavy atom. The van der Waals surface area contributed by atoms with Gasteiger partial charge >= 0.3 is 0 Å². The molecule has 0 bridgehead atoms. The van der Waals surface area contributed by atoms with Crippen molar-refractivity contribution in [2.45, 2.75) is 33.2 Å². The largest absolute Gasteiger partial charge is 0.340 e. The SMILES string of the molecule is CC(=NNC(=O)[C@@H](CC(C)C)NC(=O)c1ccccc1)c1ccccc1. The van der Waals surface area contributed by atoms with Crippen molar-refractivity contribution in [1.29, 1.82) is 0 Å². The van der Waals surface area contributed by atoms with Crippen LogP contribution in [-0.2, 0) is 4.79 Å². The number of carbonyl (C=O) groups is 2. The lowest BCUT2D eigenvalue weighted by Gasteiger charge is -2.19. The van der Waals surface area contributed by atoms with Crippen molar-refractivity contribution in [1.82, 2.24) is 10.7 Å². The fraction of sp³-hybridized carbons (Fsp3) is 0.286. The Labute approximate surface area is 154 Å². The number of nitrogens with zero attached hydrogens (tertiary/aromatic N) is 1. The average molecular weight is 351 g/mol. The van der Waals surface area contributed by atoms with Crippen LogP contribution in [0.25, 0.3) is 0 Å². The van der Waals surface area contributed by atoms with E-state index in [2.05, 4.69) is 15.8 Å². The summed E-state index contributed by atoms with van der Waals surface area (Å²) in [4.78, 5) is 24.9. The third kappa shape index (κ3) is 5.84. The van der Waals surface area contributed by atoms with E-state index in [1.807, 2.05) is 57.2 Å². The number of rotatable bonds is 7. The number of hydrazone groups is 1. The molecule has 2 N–H and O–H groups in total. The van der Waals surface area contributed by atoms with E-state index in [1.54, 1.807) is 24.3 Å². The molecule has 2 aromatic carbocycles. The predicted molar refractivity (Wildman–Crippen MR) is 104 cm³/mol. The summed E-state index contributed by atoms with van der Waals surface area (Å²) in [6.07, 6.45) is 0.532. The summed E-state index contributed by atoms with van der Waals surface area (Å²) in [5.74, 6) is -0.338. The summed E-state index contributed by atoms with van der Waals surface area (Å²) in [6.45, 7) is 5.84. The first-order valence-electron chi connectivity index (χ1n) is 8.73. The molecule has 0 spiro atoms. The standard InChI is InChI=1S/C21H25N3O2/c1-15(2)14-19(22-20(25)18-12-8-5-9-13-18)21(26)24-23-16(3)17-10-6-4-7-11-17/h4-13,15,19H,14H2,1-3H3,(H,22,25)(H,24,26)/t19-/m1/s1. The maximum atomic E-state index is 12.5. The highest BCUT2D eigenvalue weighted by Crippen LogP contribution is 2.07. The smallest absolute Gasteiger partial charge is 0.262 e. The molecule has 26 heavy (non-hydrogen) atoms. The van der Waals surface area contributed by atoms with Gasteiger partial charge in [0.25, 0.3) is 11.8 Å². The Hall–Kier alpha value is -2.95. The molecule has 2 aromatic rings. The zero-order valence-electron chi connectivity index (χ0n) is 15.4. The number of benzene rings is 2. The molecule has 0 heterocycles. The van der Waals surface area contributed by atoms with Crippen LogP contribution in [0.15, 0.2) is 65.8 Å². The quantitative estimate of drug-likeness (QED) is 0.593. The maximum absolute atomic E-state index is 12.5. The molecule has 0 unspecified atom stereocenters. The van der Waals surface area contributed by atoms with E-state index in [0.29, 0.717) is 17.7 Å². The third-order valence-corrected chi connectivity index (χ3v) is 3.89. The monoisotopic (exact) mass is 351 g/mol. The predicted octanol–water partition coefficient (Wildman–Crippen LogP) is 3.37. The van der Waals surface area contributed by atoms with Crippen LogP contribution in [0.4, 0.5) is 0 Å². The molecule has 0 aromatic heterocycles. The van der Waals surface area contributed by atoms with Crippen molar-refractivity contribution < 1.29 is 9.59 Å². The van der Waals surface area contributed by atoms with Crippen LogP contribution >= 0.6 is 0 Å². The van der Waals surface area contributed by atoms with E-state index >= 15 is 0 Å². The summed E-state index contributed by atoms with van der Waals surface area (Å²) in [6, 6.07) is 17.8. The average Bonchev–Trinajstić information content (AvgIpc) is 2.66. The normalized spacial score (nSPS) is 12.5. The number of carbonyl (C=O) groups excluding carboxylic acids is 2. The van der Waals surface area contributed by atoms with Gasteiger partial charge in [-0.25, -0.2) is 5.43 Å². The number of nitrogens with one attached hydrogen (secondary N) is 2. The Morgan fingerprint density at radius 1 is 0.923 bits per heavy atom. The van der Waals surface area contributed by atoms with Crippen LogP contribution < -0.4 is 10.7 Å². The Balaban J connectivity index is 2.05. The summed E-state index contributed by atoms with van der Waals surface area (Å²) >= 11 is 0. The molecule has 2 rings (SSSR count). The van der Waals surface area contributed by atoms with E-state index in [4.69, 9.17) is 0 Å². The molecule has 5 heteroatoms. The fourth-order valence-electron chi connectivity index (χ4n) is 2.49. The lowest BCUT2D eigenvalue weighted by molar-refractivity contribution is -0.123. The van der Waals surface area contributed by atoms with E-state index < -0.39 is 6.04 Å². The molecular weight excluding hydrogens is 326 g/mol. The molecule has 5 nitrogen and oxygen atoms in total. The molecule has 0 aliphatic rings. The molecule has 1 atom stereocenters. The van der Waals surface area contributed by atoms with Gasteiger partial charge in [-0.3, -0.25) is 9.59 Å². The molecular formula is C21H25N3O2. The van der Waals surface area contributed by atoms with Crippen molar-refractivity contribution in [2.24, 2.45) is 11.0 Å². The third-order valence-electron chi connectivity index (χ3n) is 3.89. The van der Waals surface area contributed by atoms with Gasteiger partial charge in [-0.1, -0.05) is 62.4 Å². The van der Waals surface area contributed by atoms with E-state index in [9.17, 15) is 9.59 Å². The van der Waals surface area contributed by atoms with Gasteiger partial charge < -0.3 is 5.32 Å². The minimum atomic E-state index is -0.643. The van der Waals surface area contributed by atoms with Crippen LogP contribution in [0.5, 0.6) is 0 Å². The molecule has 0 aliphatic carbocycles. The molecule has 0 saturated carbocycles. The molecule has 0 saturated heterocycles. The van der Waals surface area contributed by atoms with E-state index in [0.717, 1.165) is 5.56 Å².